The number of rotatable bonds is 5. The van der Waals surface area contributed by atoms with Crippen LogP contribution in [-0.4, -0.2) is 17.6 Å². The molecule has 0 saturated heterocycles. The fraction of sp³-hybridized carbons (Fsp3) is 0.200. The predicted octanol–water partition coefficient (Wildman–Crippen LogP) is 3.70. The third kappa shape index (κ3) is 4.87. The maximum absolute atomic E-state index is 13.4. The minimum absolute atomic E-state index is 0.00498. The zero-order chi connectivity index (χ0) is 16.8. The molecule has 2 amide bonds. The summed E-state index contributed by atoms with van der Waals surface area (Å²) < 4.78 is 41.8. The summed E-state index contributed by atoms with van der Waals surface area (Å²) >= 11 is 0. The van der Waals surface area contributed by atoms with E-state index in [1.165, 1.54) is 24.4 Å². The number of ether oxygens (including phenoxy) is 1. The van der Waals surface area contributed by atoms with Gasteiger partial charge in [0.15, 0.2) is 5.82 Å². The van der Waals surface area contributed by atoms with E-state index in [4.69, 9.17) is 0 Å². The number of hydrogen-bond donors (Lipinski definition) is 2. The van der Waals surface area contributed by atoms with Crippen LogP contribution in [0.2, 0.25) is 0 Å². The maximum atomic E-state index is 13.4. The van der Waals surface area contributed by atoms with Crippen molar-refractivity contribution in [3.8, 4) is 5.75 Å². The van der Waals surface area contributed by atoms with Gasteiger partial charge in [-0.3, -0.25) is 4.98 Å². The van der Waals surface area contributed by atoms with Crippen LogP contribution >= 0.6 is 0 Å². The number of halogens is 3. The van der Waals surface area contributed by atoms with Crippen molar-refractivity contribution in [3.05, 3.63) is 54.1 Å². The van der Waals surface area contributed by atoms with Gasteiger partial charge in [0.1, 0.15) is 5.75 Å². The second-order valence-corrected chi connectivity index (χ2v) is 4.62. The van der Waals surface area contributed by atoms with Gasteiger partial charge in [-0.15, -0.1) is 0 Å². The van der Waals surface area contributed by atoms with E-state index in [-0.39, 0.29) is 11.4 Å². The number of nitrogens with one attached hydrogen (secondary N) is 2. The minimum Gasteiger partial charge on any atom is -0.435 e. The van der Waals surface area contributed by atoms with Crippen molar-refractivity contribution in [3.63, 3.8) is 0 Å². The molecule has 0 fully saturated rings. The van der Waals surface area contributed by atoms with Crippen molar-refractivity contribution < 1.29 is 22.7 Å². The number of aromatic nitrogens is 1. The molecule has 1 atom stereocenters. The first-order valence-corrected chi connectivity index (χ1v) is 6.67. The summed E-state index contributed by atoms with van der Waals surface area (Å²) in [5.41, 5.74) is 0.683. The largest absolute Gasteiger partial charge is 0.435 e. The summed E-state index contributed by atoms with van der Waals surface area (Å²) in [7, 11) is 0. The Morgan fingerprint density at radius 3 is 2.52 bits per heavy atom. The molecule has 23 heavy (non-hydrogen) atoms. The molecule has 1 heterocycles. The quantitative estimate of drug-likeness (QED) is 0.881. The number of pyridine rings is 1. The van der Waals surface area contributed by atoms with Crippen LogP contribution in [0, 0.1) is 5.82 Å². The smallest absolute Gasteiger partial charge is 0.387 e. The highest BCUT2D eigenvalue weighted by Crippen LogP contribution is 2.19. The van der Waals surface area contributed by atoms with E-state index in [1.54, 1.807) is 19.1 Å². The van der Waals surface area contributed by atoms with Gasteiger partial charge in [-0.1, -0.05) is 12.1 Å². The molecule has 0 aliphatic rings. The second-order valence-electron chi connectivity index (χ2n) is 4.62. The monoisotopic (exact) mass is 325 g/mol. The lowest BCUT2D eigenvalue weighted by atomic mass is 10.1. The molecule has 0 saturated carbocycles. The van der Waals surface area contributed by atoms with Crippen molar-refractivity contribution in [2.45, 2.75) is 19.6 Å². The van der Waals surface area contributed by atoms with E-state index in [0.29, 0.717) is 5.56 Å². The first-order chi connectivity index (χ1) is 11.0. The van der Waals surface area contributed by atoms with E-state index in [2.05, 4.69) is 20.4 Å². The molecule has 0 bridgehead atoms. The van der Waals surface area contributed by atoms with Gasteiger partial charge in [0.25, 0.3) is 0 Å². The highest BCUT2D eigenvalue weighted by Gasteiger charge is 2.12. The Morgan fingerprint density at radius 1 is 1.22 bits per heavy atom. The Bertz CT molecular complexity index is 665. The van der Waals surface area contributed by atoms with Crippen LogP contribution in [0.5, 0.6) is 5.75 Å². The van der Waals surface area contributed by atoms with Gasteiger partial charge in [0, 0.05) is 6.20 Å². The molecule has 0 unspecified atom stereocenters. The molecular formula is C15H14F3N3O2. The number of carbonyl (C=O) groups excluding carboxylic acids is 1. The summed E-state index contributed by atoms with van der Waals surface area (Å²) in [6.45, 7) is -1.19. The number of carbonyl (C=O) groups is 1. The van der Waals surface area contributed by atoms with Crippen molar-refractivity contribution >= 4 is 11.7 Å². The highest BCUT2D eigenvalue weighted by atomic mass is 19.3. The lowest BCUT2D eigenvalue weighted by molar-refractivity contribution is -0.0498. The standard InChI is InChI=1S/C15H14F3N3O2/c1-9(10-2-4-11(5-3-10)23-14(17)18)20-15(22)21-13-6-7-19-8-12(13)16/h2-9,14H,1H3,(H2,19,20,21,22)/t9-/m1/s1. The van der Waals surface area contributed by atoms with Crippen molar-refractivity contribution in [2.75, 3.05) is 5.32 Å². The van der Waals surface area contributed by atoms with Crippen LogP contribution in [-0.2, 0) is 0 Å². The topological polar surface area (TPSA) is 63.2 Å². The van der Waals surface area contributed by atoms with Crippen molar-refractivity contribution in [2.24, 2.45) is 0 Å². The van der Waals surface area contributed by atoms with Crippen LogP contribution in [0.1, 0.15) is 18.5 Å². The molecular weight excluding hydrogens is 311 g/mol. The van der Waals surface area contributed by atoms with E-state index in [1.807, 2.05) is 0 Å². The summed E-state index contributed by atoms with van der Waals surface area (Å²) in [4.78, 5) is 15.4. The van der Waals surface area contributed by atoms with Crippen LogP contribution < -0.4 is 15.4 Å². The summed E-state index contributed by atoms with van der Waals surface area (Å²) in [6, 6.07) is 6.16. The molecule has 0 aliphatic carbocycles. The maximum Gasteiger partial charge on any atom is 0.387 e. The van der Waals surface area contributed by atoms with Gasteiger partial charge in [0.05, 0.1) is 17.9 Å². The Kier molecular flexibility index (Phi) is 5.40. The van der Waals surface area contributed by atoms with Crippen molar-refractivity contribution in [1.29, 1.82) is 0 Å². The number of urea groups is 1. The molecule has 1 aromatic carbocycles. The Hall–Kier alpha value is -2.77. The van der Waals surface area contributed by atoms with Gasteiger partial charge in [-0.2, -0.15) is 8.78 Å². The number of amides is 2. The first kappa shape index (κ1) is 16.6. The molecule has 8 heteroatoms. The number of alkyl halides is 2. The number of nitrogens with zero attached hydrogens (tertiary/aromatic N) is 1. The van der Waals surface area contributed by atoms with Crippen LogP contribution in [0.25, 0.3) is 0 Å². The molecule has 2 rings (SSSR count). The first-order valence-electron chi connectivity index (χ1n) is 6.67. The third-order valence-corrected chi connectivity index (χ3v) is 2.97. The molecule has 5 nitrogen and oxygen atoms in total. The lowest BCUT2D eigenvalue weighted by Gasteiger charge is -2.15. The molecule has 2 N–H and O–H groups in total. The molecule has 0 spiro atoms. The van der Waals surface area contributed by atoms with E-state index in [9.17, 15) is 18.0 Å². The zero-order valence-corrected chi connectivity index (χ0v) is 12.1. The number of benzene rings is 1. The van der Waals surface area contributed by atoms with Gasteiger partial charge in [0.2, 0.25) is 0 Å². The van der Waals surface area contributed by atoms with E-state index in [0.717, 1.165) is 6.20 Å². The zero-order valence-electron chi connectivity index (χ0n) is 12.1. The molecule has 0 aliphatic heterocycles. The average Bonchev–Trinajstić information content (AvgIpc) is 2.49. The third-order valence-electron chi connectivity index (χ3n) is 2.97. The highest BCUT2D eigenvalue weighted by molar-refractivity contribution is 5.89. The predicted molar refractivity (Wildman–Crippen MR) is 77.8 cm³/mol. The van der Waals surface area contributed by atoms with Crippen LogP contribution in [0.4, 0.5) is 23.7 Å². The van der Waals surface area contributed by atoms with Gasteiger partial charge in [-0.25, -0.2) is 9.18 Å². The fourth-order valence-corrected chi connectivity index (χ4v) is 1.85. The van der Waals surface area contributed by atoms with Gasteiger partial charge in [-0.05, 0) is 30.7 Å². The number of hydrogen-bond acceptors (Lipinski definition) is 3. The second kappa shape index (κ2) is 7.48. The van der Waals surface area contributed by atoms with Crippen LogP contribution in [0.15, 0.2) is 42.7 Å². The molecule has 0 radical (unpaired) electrons. The normalized spacial score (nSPS) is 11.9. The van der Waals surface area contributed by atoms with Gasteiger partial charge >= 0.3 is 12.6 Å². The minimum atomic E-state index is -2.89. The Morgan fingerprint density at radius 2 is 1.91 bits per heavy atom. The van der Waals surface area contributed by atoms with Gasteiger partial charge < -0.3 is 15.4 Å². The number of anilines is 1. The molecule has 2 aromatic rings. The van der Waals surface area contributed by atoms with E-state index >= 15 is 0 Å². The fourth-order valence-electron chi connectivity index (χ4n) is 1.85. The molecule has 1 aromatic heterocycles. The summed E-state index contributed by atoms with van der Waals surface area (Å²) in [5.74, 6) is -0.622. The summed E-state index contributed by atoms with van der Waals surface area (Å²) in [5, 5.41) is 4.97. The molecule has 122 valence electrons. The SMILES string of the molecule is C[C@@H](NC(=O)Nc1ccncc1F)c1ccc(OC(F)F)cc1. The lowest BCUT2D eigenvalue weighted by Crippen LogP contribution is -2.31. The van der Waals surface area contributed by atoms with Crippen molar-refractivity contribution in [1.82, 2.24) is 10.3 Å². The van der Waals surface area contributed by atoms with Crippen LogP contribution in [0.3, 0.4) is 0 Å². The Labute approximate surface area is 130 Å². The van der Waals surface area contributed by atoms with E-state index < -0.39 is 24.5 Å². The summed E-state index contributed by atoms with van der Waals surface area (Å²) in [6.07, 6.45) is 2.34. The average molecular weight is 325 g/mol. The Balaban J connectivity index is 1.94.